The minimum atomic E-state index is -5.11. The van der Waals surface area contributed by atoms with E-state index in [9.17, 15) is 21.6 Å². The van der Waals surface area contributed by atoms with Crippen molar-refractivity contribution in [3.63, 3.8) is 0 Å². The normalized spacial score (nSPS) is 14.3. The van der Waals surface area contributed by atoms with Gasteiger partial charge in [-0.1, -0.05) is 20.8 Å². The zero-order valence-electron chi connectivity index (χ0n) is 8.89. The lowest BCUT2D eigenvalue weighted by atomic mass is 10.9. The van der Waals surface area contributed by atoms with E-state index < -0.39 is 23.2 Å². The van der Waals surface area contributed by atoms with Gasteiger partial charge < -0.3 is 0 Å². The van der Waals surface area contributed by atoms with E-state index in [0.29, 0.717) is 0 Å². The van der Waals surface area contributed by atoms with Gasteiger partial charge in [0.25, 0.3) is 0 Å². The van der Waals surface area contributed by atoms with E-state index in [1.54, 1.807) is 20.8 Å². The zero-order valence-corrected chi connectivity index (χ0v) is 10.7. The lowest BCUT2D eigenvalue weighted by molar-refractivity contribution is -0.271. The first-order valence-corrected chi connectivity index (χ1v) is 9.41. The first-order chi connectivity index (χ1) is 6.64. The summed E-state index contributed by atoms with van der Waals surface area (Å²) in [5.41, 5.74) is 0. The van der Waals surface area contributed by atoms with Crippen LogP contribution in [0.25, 0.3) is 0 Å². The molecule has 0 aliphatic rings. The Morgan fingerprint density at radius 2 is 1.40 bits per heavy atom. The highest BCUT2D eigenvalue weighted by molar-refractivity contribution is 8.18. The molecule has 0 atom stereocenters. The van der Waals surface area contributed by atoms with Crippen molar-refractivity contribution in [3.8, 4) is 0 Å². The van der Waals surface area contributed by atoms with Crippen molar-refractivity contribution in [2.24, 2.45) is 0 Å². The fourth-order valence-electron chi connectivity index (χ4n) is 1.49. The molecule has 0 aromatic heterocycles. The summed E-state index contributed by atoms with van der Waals surface area (Å²) in [6.45, 7) is 4.78. The van der Waals surface area contributed by atoms with E-state index in [2.05, 4.69) is 4.18 Å². The molecule has 92 valence electrons. The molecule has 15 heavy (non-hydrogen) atoms. The fourth-order valence-corrected chi connectivity index (χ4v) is 8.48. The third kappa shape index (κ3) is 3.46. The van der Waals surface area contributed by atoms with Crippen molar-refractivity contribution in [2.45, 2.75) is 45.3 Å². The van der Waals surface area contributed by atoms with Crippen LogP contribution < -0.4 is 0 Å². The van der Waals surface area contributed by atoms with Gasteiger partial charge in [-0.05, 0) is 18.1 Å². The molecule has 0 amide bonds. The second kappa shape index (κ2) is 4.83. The molecule has 0 rings (SSSR count). The summed E-state index contributed by atoms with van der Waals surface area (Å²) < 4.78 is 62.0. The largest absolute Gasteiger partial charge is 0.536 e. The minimum Gasteiger partial charge on any atom is -0.208 e. The Balaban J connectivity index is 5.15. The molecule has 0 aromatic rings. The van der Waals surface area contributed by atoms with Crippen molar-refractivity contribution < 1.29 is 25.8 Å². The summed E-state index contributed by atoms with van der Waals surface area (Å²) in [5, 5.41) is 0. The highest BCUT2D eigenvalue weighted by Crippen LogP contribution is 2.32. The standard InChI is InChI=1S/C7H15F3O3SSi/c1-4-15(5-2,6-3)14(11,12)13-7(8,9)10/h4-6H2,1-3H3. The maximum absolute atomic E-state index is 11.9. The van der Waals surface area contributed by atoms with Gasteiger partial charge in [0.15, 0.2) is 0 Å². The minimum absolute atomic E-state index is 0.235. The van der Waals surface area contributed by atoms with Crippen molar-refractivity contribution in [1.29, 1.82) is 0 Å². The topological polar surface area (TPSA) is 43.4 Å². The van der Waals surface area contributed by atoms with Crippen LogP contribution in [0.1, 0.15) is 20.8 Å². The van der Waals surface area contributed by atoms with Gasteiger partial charge in [0.1, 0.15) is 0 Å². The smallest absolute Gasteiger partial charge is 0.208 e. The van der Waals surface area contributed by atoms with Crippen LogP contribution in [0.3, 0.4) is 0 Å². The van der Waals surface area contributed by atoms with Gasteiger partial charge in [-0.2, -0.15) is 4.18 Å². The SMILES string of the molecule is CC[Si](CC)(CC)S(=O)(=O)OC(F)(F)F. The molecule has 0 saturated heterocycles. The first kappa shape index (κ1) is 14.9. The Morgan fingerprint density at radius 1 is 1.07 bits per heavy atom. The van der Waals surface area contributed by atoms with Gasteiger partial charge in [-0.15, -0.1) is 13.2 Å². The van der Waals surface area contributed by atoms with Crippen molar-refractivity contribution in [2.75, 3.05) is 0 Å². The Morgan fingerprint density at radius 3 is 1.60 bits per heavy atom. The number of hydrogen-bond acceptors (Lipinski definition) is 3. The molecular weight excluding hydrogens is 249 g/mol. The summed E-state index contributed by atoms with van der Waals surface area (Å²) >= 11 is 0. The molecule has 0 aliphatic carbocycles. The quantitative estimate of drug-likeness (QED) is 0.717. The first-order valence-electron chi connectivity index (χ1n) is 4.66. The average molecular weight is 264 g/mol. The molecular formula is C7H15F3O3SSi. The van der Waals surface area contributed by atoms with Crippen molar-refractivity contribution in [3.05, 3.63) is 0 Å². The van der Waals surface area contributed by atoms with Gasteiger partial charge in [0, 0.05) is 0 Å². The zero-order chi connectivity index (χ0) is 12.3. The molecule has 0 fully saturated rings. The monoisotopic (exact) mass is 264 g/mol. The fraction of sp³-hybridized carbons (Fsp3) is 1.00. The molecule has 3 nitrogen and oxygen atoms in total. The van der Waals surface area contributed by atoms with E-state index in [4.69, 9.17) is 0 Å². The van der Waals surface area contributed by atoms with Crippen LogP contribution in [0.2, 0.25) is 18.1 Å². The molecule has 0 bridgehead atoms. The van der Waals surface area contributed by atoms with Crippen LogP contribution in [0.4, 0.5) is 13.2 Å². The molecule has 0 heterocycles. The maximum Gasteiger partial charge on any atom is 0.536 e. The van der Waals surface area contributed by atoms with E-state index >= 15 is 0 Å². The maximum atomic E-state index is 11.9. The van der Waals surface area contributed by atoms with Gasteiger partial charge in [0.2, 0.25) is 16.8 Å². The highest BCUT2D eigenvalue weighted by atomic mass is 32.4. The van der Waals surface area contributed by atoms with Crippen LogP contribution in [-0.4, -0.2) is 22.0 Å². The van der Waals surface area contributed by atoms with Crippen LogP contribution in [0, 0.1) is 0 Å². The molecule has 0 N–H and O–H groups in total. The average Bonchev–Trinajstić information content (AvgIpc) is 2.03. The summed E-state index contributed by atoms with van der Waals surface area (Å²) in [6.07, 6.45) is -5.11. The van der Waals surface area contributed by atoms with Crippen molar-refractivity contribution >= 4 is 16.8 Å². The number of rotatable bonds is 5. The summed E-state index contributed by atoms with van der Waals surface area (Å²) in [5.74, 6) is 0. The number of halogens is 3. The Bertz CT molecular complexity index is 287. The van der Waals surface area contributed by atoms with Crippen LogP contribution >= 0.6 is 0 Å². The third-order valence-electron chi connectivity index (χ3n) is 2.67. The second-order valence-electron chi connectivity index (χ2n) is 3.23. The molecule has 0 aromatic carbocycles. The highest BCUT2D eigenvalue weighted by Gasteiger charge is 2.49. The van der Waals surface area contributed by atoms with Gasteiger partial charge >= 0.3 is 6.36 Å². The van der Waals surface area contributed by atoms with Crippen LogP contribution in [0.5, 0.6) is 0 Å². The summed E-state index contributed by atoms with van der Waals surface area (Å²) in [7, 11) is -7.50. The molecule has 0 spiro atoms. The summed E-state index contributed by atoms with van der Waals surface area (Å²) in [4.78, 5) is 0. The van der Waals surface area contributed by atoms with E-state index in [-0.39, 0.29) is 18.1 Å². The predicted octanol–water partition coefficient (Wildman–Crippen LogP) is 2.86. The molecule has 0 saturated carbocycles. The Labute approximate surface area is 88.4 Å². The van der Waals surface area contributed by atoms with E-state index in [1.807, 2.05) is 0 Å². The second-order valence-corrected chi connectivity index (χ2v) is 12.9. The Kier molecular flexibility index (Phi) is 4.81. The number of hydrogen-bond donors (Lipinski definition) is 0. The number of alkyl halides is 3. The van der Waals surface area contributed by atoms with Crippen molar-refractivity contribution in [1.82, 2.24) is 0 Å². The third-order valence-corrected chi connectivity index (χ3v) is 14.0. The molecule has 0 radical (unpaired) electrons. The lowest BCUT2D eigenvalue weighted by Gasteiger charge is -2.26. The Hall–Kier alpha value is -0.0831. The molecule has 8 heteroatoms. The van der Waals surface area contributed by atoms with Gasteiger partial charge in [-0.3, -0.25) is 0 Å². The lowest BCUT2D eigenvalue weighted by Crippen LogP contribution is -2.45. The molecule has 0 aliphatic heterocycles. The molecule has 0 unspecified atom stereocenters. The van der Waals surface area contributed by atoms with Crippen LogP contribution in [0.15, 0.2) is 0 Å². The van der Waals surface area contributed by atoms with Gasteiger partial charge in [-0.25, -0.2) is 8.42 Å². The van der Waals surface area contributed by atoms with E-state index in [0.717, 1.165) is 0 Å². The van der Waals surface area contributed by atoms with E-state index in [1.165, 1.54) is 0 Å². The predicted molar refractivity (Wildman–Crippen MR) is 53.3 cm³/mol. The van der Waals surface area contributed by atoms with Crippen LogP contribution in [-0.2, 0) is 13.8 Å². The summed E-state index contributed by atoms with van der Waals surface area (Å²) in [6, 6.07) is 0.704. The van der Waals surface area contributed by atoms with Gasteiger partial charge in [0.05, 0.1) is 0 Å².